The summed E-state index contributed by atoms with van der Waals surface area (Å²) in [6.45, 7) is 2.62. The van der Waals surface area contributed by atoms with Gasteiger partial charge in [-0.1, -0.05) is 41.6 Å². The summed E-state index contributed by atoms with van der Waals surface area (Å²) in [5, 5.41) is 4.09. The molecule has 0 atom stereocenters. The summed E-state index contributed by atoms with van der Waals surface area (Å²) in [5.41, 5.74) is 4.48. The molecule has 5 heteroatoms. The van der Waals surface area contributed by atoms with Gasteiger partial charge in [0.1, 0.15) is 6.54 Å². The van der Waals surface area contributed by atoms with Gasteiger partial charge in [-0.05, 0) is 30.2 Å². The number of nitrogens with zero attached hydrogens (tertiary/aromatic N) is 4. The third-order valence-electron chi connectivity index (χ3n) is 3.95. The van der Waals surface area contributed by atoms with Crippen molar-refractivity contribution in [3.63, 3.8) is 0 Å². The van der Waals surface area contributed by atoms with Crippen LogP contribution in [0.1, 0.15) is 22.8 Å². The van der Waals surface area contributed by atoms with Gasteiger partial charge in [0.2, 0.25) is 5.89 Å². The first-order chi connectivity index (χ1) is 11.3. The standard InChI is InChI=1S/C18H16N4O/c1-13-6-2-3-7-14(13)10-17-20-18(23-21-17)11-22-12-19-15-8-4-5-9-16(15)22/h2-9,12H,10-11H2,1H3. The Morgan fingerprint density at radius 2 is 1.87 bits per heavy atom. The van der Waals surface area contributed by atoms with Crippen LogP contribution in [0.3, 0.4) is 0 Å². The predicted octanol–water partition coefficient (Wildman–Crippen LogP) is 3.37. The van der Waals surface area contributed by atoms with E-state index in [9.17, 15) is 0 Å². The first-order valence-electron chi connectivity index (χ1n) is 7.55. The molecule has 0 N–H and O–H groups in total. The van der Waals surface area contributed by atoms with E-state index in [1.54, 1.807) is 6.33 Å². The number of rotatable bonds is 4. The van der Waals surface area contributed by atoms with E-state index < -0.39 is 0 Å². The summed E-state index contributed by atoms with van der Waals surface area (Å²) < 4.78 is 7.40. The van der Waals surface area contributed by atoms with Gasteiger partial charge in [0.05, 0.1) is 17.4 Å². The number of hydrogen-bond acceptors (Lipinski definition) is 4. The maximum atomic E-state index is 5.39. The van der Waals surface area contributed by atoms with Crippen molar-refractivity contribution in [2.75, 3.05) is 0 Å². The van der Waals surface area contributed by atoms with Crippen LogP contribution >= 0.6 is 0 Å². The Labute approximate surface area is 133 Å². The lowest BCUT2D eigenvalue weighted by Gasteiger charge is -2.01. The maximum absolute atomic E-state index is 5.39. The Hall–Kier alpha value is -2.95. The van der Waals surface area contributed by atoms with Gasteiger partial charge >= 0.3 is 0 Å². The molecule has 0 aliphatic carbocycles. The molecule has 0 spiro atoms. The second-order valence-corrected chi connectivity index (χ2v) is 5.57. The van der Waals surface area contributed by atoms with Crippen LogP contribution in [0.4, 0.5) is 0 Å². The van der Waals surface area contributed by atoms with Crippen LogP contribution in [0.25, 0.3) is 11.0 Å². The maximum Gasteiger partial charge on any atom is 0.246 e. The number of fused-ring (bicyclic) bond motifs is 1. The Balaban J connectivity index is 1.55. The van der Waals surface area contributed by atoms with Gasteiger partial charge in [-0.15, -0.1) is 0 Å². The van der Waals surface area contributed by atoms with Crippen molar-refractivity contribution in [1.29, 1.82) is 0 Å². The molecule has 0 radical (unpaired) electrons. The summed E-state index contributed by atoms with van der Waals surface area (Å²) in [6.07, 6.45) is 2.48. The first-order valence-corrected chi connectivity index (χ1v) is 7.55. The van der Waals surface area contributed by atoms with Gasteiger partial charge in [-0.2, -0.15) is 4.98 Å². The molecule has 23 heavy (non-hydrogen) atoms. The lowest BCUT2D eigenvalue weighted by molar-refractivity contribution is 0.368. The highest BCUT2D eigenvalue weighted by Gasteiger charge is 2.10. The quantitative estimate of drug-likeness (QED) is 0.580. The Morgan fingerprint density at radius 1 is 1.04 bits per heavy atom. The second-order valence-electron chi connectivity index (χ2n) is 5.57. The van der Waals surface area contributed by atoms with Crippen LogP contribution in [0.2, 0.25) is 0 Å². The number of aromatic nitrogens is 4. The summed E-state index contributed by atoms with van der Waals surface area (Å²) in [6, 6.07) is 16.2. The fraction of sp³-hybridized carbons (Fsp3) is 0.167. The van der Waals surface area contributed by atoms with Crippen molar-refractivity contribution in [3.8, 4) is 0 Å². The van der Waals surface area contributed by atoms with E-state index in [0.29, 0.717) is 24.7 Å². The first kappa shape index (κ1) is 13.7. The molecule has 0 amide bonds. The Morgan fingerprint density at radius 3 is 2.78 bits per heavy atom. The minimum atomic E-state index is 0.529. The molecule has 2 heterocycles. The smallest absolute Gasteiger partial charge is 0.246 e. The van der Waals surface area contributed by atoms with Crippen molar-refractivity contribution in [2.45, 2.75) is 19.9 Å². The van der Waals surface area contributed by atoms with E-state index in [1.165, 1.54) is 11.1 Å². The van der Waals surface area contributed by atoms with E-state index in [1.807, 2.05) is 41.0 Å². The zero-order valence-corrected chi connectivity index (χ0v) is 12.8. The minimum absolute atomic E-state index is 0.529. The molecular weight excluding hydrogens is 288 g/mol. The molecule has 4 rings (SSSR count). The molecule has 0 saturated carbocycles. The zero-order valence-electron chi connectivity index (χ0n) is 12.8. The number of benzene rings is 2. The summed E-state index contributed by atoms with van der Waals surface area (Å²) >= 11 is 0. The highest BCUT2D eigenvalue weighted by molar-refractivity contribution is 5.74. The molecule has 0 fully saturated rings. The van der Waals surface area contributed by atoms with Gasteiger partial charge in [0.25, 0.3) is 0 Å². The minimum Gasteiger partial charge on any atom is -0.337 e. The van der Waals surface area contributed by atoms with Gasteiger partial charge < -0.3 is 9.09 Å². The molecule has 2 aromatic heterocycles. The van der Waals surface area contributed by atoms with Crippen molar-refractivity contribution in [1.82, 2.24) is 19.7 Å². The number of hydrogen-bond donors (Lipinski definition) is 0. The molecule has 0 aliphatic rings. The fourth-order valence-electron chi connectivity index (χ4n) is 2.69. The summed E-state index contributed by atoms with van der Waals surface area (Å²) in [4.78, 5) is 8.88. The van der Waals surface area contributed by atoms with Gasteiger partial charge in [0, 0.05) is 6.42 Å². The van der Waals surface area contributed by atoms with Crippen molar-refractivity contribution < 1.29 is 4.52 Å². The van der Waals surface area contributed by atoms with Crippen LogP contribution in [0, 0.1) is 6.92 Å². The Kier molecular flexibility index (Phi) is 3.38. The van der Waals surface area contributed by atoms with Crippen LogP contribution in [0.5, 0.6) is 0 Å². The van der Waals surface area contributed by atoms with Crippen LogP contribution in [0.15, 0.2) is 59.4 Å². The lowest BCUT2D eigenvalue weighted by Crippen LogP contribution is -1.99. The van der Waals surface area contributed by atoms with Gasteiger partial charge in [0.15, 0.2) is 5.82 Å². The molecular formula is C18H16N4O. The number of para-hydroxylation sites is 2. The highest BCUT2D eigenvalue weighted by atomic mass is 16.5. The van der Waals surface area contributed by atoms with Crippen molar-refractivity contribution in [2.24, 2.45) is 0 Å². The van der Waals surface area contributed by atoms with Crippen LogP contribution < -0.4 is 0 Å². The predicted molar refractivity (Wildman–Crippen MR) is 87.1 cm³/mol. The van der Waals surface area contributed by atoms with Crippen LogP contribution in [-0.2, 0) is 13.0 Å². The molecule has 114 valence electrons. The highest BCUT2D eigenvalue weighted by Crippen LogP contribution is 2.15. The van der Waals surface area contributed by atoms with Crippen molar-refractivity contribution >= 4 is 11.0 Å². The van der Waals surface area contributed by atoms with E-state index in [-0.39, 0.29) is 0 Å². The summed E-state index contributed by atoms with van der Waals surface area (Å²) in [5.74, 6) is 1.30. The molecule has 2 aromatic carbocycles. The lowest BCUT2D eigenvalue weighted by atomic mass is 10.1. The fourth-order valence-corrected chi connectivity index (χ4v) is 2.69. The molecule has 0 unspecified atom stereocenters. The second kappa shape index (κ2) is 5.68. The molecule has 0 bridgehead atoms. The van der Waals surface area contributed by atoms with Crippen molar-refractivity contribution in [3.05, 3.63) is 77.7 Å². The molecule has 0 saturated heterocycles. The monoisotopic (exact) mass is 304 g/mol. The average Bonchev–Trinajstić information content (AvgIpc) is 3.18. The third kappa shape index (κ3) is 2.73. The number of aryl methyl sites for hydroxylation is 1. The van der Waals surface area contributed by atoms with E-state index >= 15 is 0 Å². The topological polar surface area (TPSA) is 56.7 Å². The zero-order chi connectivity index (χ0) is 15.6. The van der Waals surface area contributed by atoms with E-state index in [0.717, 1.165) is 11.0 Å². The van der Waals surface area contributed by atoms with E-state index in [2.05, 4.69) is 34.2 Å². The average molecular weight is 304 g/mol. The largest absolute Gasteiger partial charge is 0.337 e. The van der Waals surface area contributed by atoms with E-state index in [4.69, 9.17) is 4.52 Å². The molecule has 5 nitrogen and oxygen atoms in total. The molecule has 0 aliphatic heterocycles. The van der Waals surface area contributed by atoms with Crippen LogP contribution in [-0.4, -0.2) is 19.7 Å². The Bertz CT molecular complexity index is 954. The molecule has 4 aromatic rings. The summed E-state index contributed by atoms with van der Waals surface area (Å²) in [7, 11) is 0. The van der Waals surface area contributed by atoms with Gasteiger partial charge in [-0.25, -0.2) is 4.98 Å². The SMILES string of the molecule is Cc1ccccc1Cc1noc(Cn2cnc3ccccc32)n1. The number of imidazole rings is 1. The van der Waals surface area contributed by atoms with Gasteiger partial charge in [-0.3, -0.25) is 0 Å². The normalized spacial score (nSPS) is 11.2. The third-order valence-corrected chi connectivity index (χ3v) is 3.95.